The third-order valence-corrected chi connectivity index (χ3v) is 3.55. The molecule has 1 aromatic heterocycles. The molecule has 0 aromatic carbocycles. The van der Waals surface area contributed by atoms with Gasteiger partial charge in [0.05, 0.1) is 5.69 Å². The summed E-state index contributed by atoms with van der Waals surface area (Å²) in [5.41, 5.74) is 8.43. The van der Waals surface area contributed by atoms with E-state index < -0.39 is 0 Å². The van der Waals surface area contributed by atoms with Crippen LogP contribution in [0.15, 0.2) is 0 Å². The van der Waals surface area contributed by atoms with Crippen LogP contribution < -0.4 is 5.73 Å². The van der Waals surface area contributed by atoms with Crippen molar-refractivity contribution in [3.8, 4) is 0 Å². The summed E-state index contributed by atoms with van der Waals surface area (Å²) in [6.07, 6.45) is 7.52. The van der Waals surface area contributed by atoms with Gasteiger partial charge in [0.2, 0.25) is 0 Å². The zero-order chi connectivity index (χ0) is 10.3. The fraction of sp³-hybridized carbons (Fsp3) is 0.750. The van der Waals surface area contributed by atoms with Crippen LogP contribution in [0.2, 0.25) is 0 Å². The SMILES string of the molecule is NCCc1nc(C2CC2)n2c1CCCC2. The second kappa shape index (κ2) is 3.63. The van der Waals surface area contributed by atoms with Gasteiger partial charge in [0.1, 0.15) is 5.82 Å². The lowest BCUT2D eigenvalue weighted by atomic mass is 10.1. The number of rotatable bonds is 3. The van der Waals surface area contributed by atoms with Crippen molar-refractivity contribution < 1.29 is 0 Å². The minimum Gasteiger partial charge on any atom is -0.332 e. The molecule has 3 nitrogen and oxygen atoms in total. The first-order valence-corrected chi connectivity index (χ1v) is 6.18. The van der Waals surface area contributed by atoms with Crippen LogP contribution in [0.1, 0.15) is 48.8 Å². The van der Waals surface area contributed by atoms with Crippen LogP contribution in [-0.4, -0.2) is 16.1 Å². The number of fused-ring (bicyclic) bond motifs is 1. The number of imidazole rings is 1. The van der Waals surface area contributed by atoms with E-state index >= 15 is 0 Å². The number of nitrogens with two attached hydrogens (primary N) is 1. The van der Waals surface area contributed by atoms with Gasteiger partial charge in [-0.25, -0.2) is 4.98 Å². The summed E-state index contributed by atoms with van der Waals surface area (Å²) in [5.74, 6) is 2.14. The molecule has 0 atom stereocenters. The van der Waals surface area contributed by atoms with Gasteiger partial charge < -0.3 is 10.3 Å². The Hall–Kier alpha value is -0.830. The topological polar surface area (TPSA) is 43.8 Å². The average molecular weight is 205 g/mol. The number of hydrogen-bond donors (Lipinski definition) is 1. The monoisotopic (exact) mass is 205 g/mol. The molecule has 0 unspecified atom stereocenters. The van der Waals surface area contributed by atoms with Crippen molar-refractivity contribution in [1.29, 1.82) is 0 Å². The maximum atomic E-state index is 5.65. The molecule has 3 heteroatoms. The Balaban J connectivity index is 2.00. The highest BCUT2D eigenvalue weighted by Crippen LogP contribution is 2.41. The highest BCUT2D eigenvalue weighted by atomic mass is 15.1. The lowest BCUT2D eigenvalue weighted by Gasteiger charge is -2.17. The van der Waals surface area contributed by atoms with Crippen LogP contribution >= 0.6 is 0 Å². The van der Waals surface area contributed by atoms with Crippen molar-refractivity contribution in [1.82, 2.24) is 9.55 Å². The molecule has 1 fully saturated rings. The molecule has 0 amide bonds. The third kappa shape index (κ3) is 1.59. The summed E-state index contributed by atoms with van der Waals surface area (Å²) >= 11 is 0. The summed E-state index contributed by atoms with van der Waals surface area (Å²) in [5, 5.41) is 0. The molecule has 2 N–H and O–H groups in total. The number of aromatic nitrogens is 2. The Morgan fingerprint density at radius 2 is 2.20 bits per heavy atom. The summed E-state index contributed by atoms with van der Waals surface area (Å²) < 4.78 is 2.49. The van der Waals surface area contributed by atoms with Gasteiger partial charge in [-0.2, -0.15) is 0 Å². The molecule has 1 aliphatic carbocycles. The average Bonchev–Trinajstić information content (AvgIpc) is 3.04. The molecule has 3 rings (SSSR count). The maximum Gasteiger partial charge on any atom is 0.112 e. The Morgan fingerprint density at radius 1 is 1.33 bits per heavy atom. The molecule has 0 saturated heterocycles. The summed E-state index contributed by atoms with van der Waals surface area (Å²) in [7, 11) is 0. The molecular weight excluding hydrogens is 186 g/mol. The molecule has 0 bridgehead atoms. The van der Waals surface area contributed by atoms with Gasteiger partial charge in [-0.3, -0.25) is 0 Å². The van der Waals surface area contributed by atoms with Crippen LogP contribution in [0, 0.1) is 0 Å². The van der Waals surface area contributed by atoms with E-state index in [1.807, 2.05) is 0 Å². The zero-order valence-electron chi connectivity index (χ0n) is 9.21. The Bertz CT molecular complexity index is 363. The van der Waals surface area contributed by atoms with E-state index in [-0.39, 0.29) is 0 Å². The number of nitrogens with zero attached hydrogens (tertiary/aromatic N) is 2. The van der Waals surface area contributed by atoms with Crippen molar-refractivity contribution in [2.75, 3.05) is 6.54 Å². The van der Waals surface area contributed by atoms with Crippen LogP contribution in [0.3, 0.4) is 0 Å². The molecule has 1 aliphatic heterocycles. The summed E-state index contributed by atoms with van der Waals surface area (Å²) in [4.78, 5) is 4.83. The Labute approximate surface area is 90.7 Å². The summed E-state index contributed by atoms with van der Waals surface area (Å²) in [6, 6.07) is 0. The number of hydrogen-bond acceptors (Lipinski definition) is 2. The predicted molar refractivity (Wildman–Crippen MR) is 59.9 cm³/mol. The van der Waals surface area contributed by atoms with Gasteiger partial charge in [0, 0.05) is 24.6 Å². The largest absolute Gasteiger partial charge is 0.332 e. The zero-order valence-corrected chi connectivity index (χ0v) is 9.21. The minimum atomic E-state index is 0.730. The predicted octanol–water partition coefficient (Wildman–Crippen LogP) is 1.60. The van der Waals surface area contributed by atoms with Gasteiger partial charge in [-0.05, 0) is 38.6 Å². The minimum absolute atomic E-state index is 0.730. The quantitative estimate of drug-likeness (QED) is 0.814. The van der Waals surface area contributed by atoms with Crippen molar-refractivity contribution in [3.63, 3.8) is 0 Å². The molecule has 0 radical (unpaired) electrons. The van der Waals surface area contributed by atoms with Crippen LogP contribution in [0.4, 0.5) is 0 Å². The highest BCUT2D eigenvalue weighted by molar-refractivity contribution is 5.23. The van der Waals surface area contributed by atoms with E-state index in [1.54, 1.807) is 0 Å². The summed E-state index contributed by atoms with van der Waals surface area (Å²) in [6.45, 7) is 1.92. The van der Waals surface area contributed by atoms with E-state index in [2.05, 4.69) is 4.57 Å². The van der Waals surface area contributed by atoms with Crippen molar-refractivity contribution in [3.05, 3.63) is 17.2 Å². The van der Waals surface area contributed by atoms with Crippen molar-refractivity contribution >= 4 is 0 Å². The van der Waals surface area contributed by atoms with Gasteiger partial charge in [-0.15, -0.1) is 0 Å². The molecule has 82 valence electrons. The third-order valence-electron chi connectivity index (χ3n) is 3.55. The Morgan fingerprint density at radius 3 is 2.93 bits per heavy atom. The maximum absolute atomic E-state index is 5.65. The van der Waals surface area contributed by atoms with E-state index in [1.165, 1.54) is 55.9 Å². The first kappa shape index (κ1) is 9.40. The van der Waals surface area contributed by atoms with E-state index in [0.717, 1.165) is 18.9 Å². The fourth-order valence-corrected chi connectivity index (χ4v) is 2.64. The van der Waals surface area contributed by atoms with Crippen molar-refractivity contribution in [2.45, 2.75) is 51.0 Å². The van der Waals surface area contributed by atoms with Crippen LogP contribution in [0.5, 0.6) is 0 Å². The molecule has 1 saturated carbocycles. The van der Waals surface area contributed by atoms with Crippen LogP contribution in [-0.2, 0) is 19.4 Å². The van der Waals surface area contributed by atoms with Gasteiger partial charge in [-0.1, -0.05) is 0 Å². The van der Waals surface area contributed by atoms with Crippen LogP contribution in [0.25, 0.3) is 0 Å². The van der Waals surface area contributed by atoms with Crippen molar-refractivity contribution in [2.24, 2.45) is 5.73 Å². The molecule has 15 heavy (non-hydrogen) atoms. The standard InChI is InChI=1S/C12H19N3/c13-7-6-10-11-3-1-2-8-15(11)12(14-10)9-4-5-9/h9H,1-8,13H2. The lowest BCUT2D eigenvalue weighted by molar-refractivity contribution is 0.512. The van der Waals surface area contributed by atoms with E-state index in [9.17, 15) is 0 Å². The van der Waals surface area contributed by atoms with E-state index in [0.29, 0.717) is 0 Å². The lowest BCUT2D eigenvalue weighted by Crippen LogP contribution is -2.14. The van der Waals surface area contributed by atoms with Gasteiger partial charge >= 0.3 is 0 Å². The Kier molecular flexibility index (Phi) is 2.28. The van der Waals surface area contributed by atoms with Gasteiger partial charge in [0.15, 0.2) is 0 Å². The fourth-order valence-electron chi connectivity index (χ4n) is 2.64. The molecule has 2 heterocycles. The first-order valence-electron chi connectivity index (χ1n) is 6.18. The highest BCUT2D eigenvalue weighted by Gasteiger charge is 2.31. The first-order chi connectivity index (χ1) is 7.40. The van der Waals surface area contributed by atoms with E-state index in [4.69, 9.17) is 10.7 Å². The second-order valence-corrected chi connectivity index (χ2v) is 4.79. The molecule has 2 aliphatic rings. The molecule has 1 aromatic rings. The van der Waals surface area contributed by atoms with Gasteiger partial charge in [0.25, 0.3) is 0 Å². The normalized spacial score (nSPS) is 20.3. The second-order valence-electron chi connectivity index (χ2n) is 4.79. The molecular formula is C12H19N3. The molecule has 0 spiro atoms. The smallest absolute Gasteiger partial charge is 0.112 e.